The number of nitrogens with one attached hydrogen (secondary N) is 1. The van der Waals surface area contributed by atoms with Gasteiger partial charge in [0.2, 0.25) is 0 Å². The summed E-state index contributed by atoms with van der Waals surface area (Å²) < 4.78 is 7.67. The molecule has 1 aromatic carbocycles. The lowest BCUT2D eigenvalue weighted by Gasteiger charge is -2.32. The fraction of sp³-hybridized carbons (Fsp3) is 0.316. The molecule has 30 heavy (non-hydrogen) atoms. The van der Waals surface area contributed by atoms with E-state index in [0.717, 1.165) is 10.6 Å². The summed E-state index contributed by atoms with van der Waals surface area (Å²) in [5.41, 5.74) is -0.480. The minimum Gasteiger partial charge on any atom is -0.486 e. The van der Waals surface area contributed by atoms with Gasteiger partial charge in [0.25, 0.3) is 5.91 Å². The van der Waals surface area contributed by atoms with Crippen LogP contribution in [0, 0.1) is 0 Å². The first-order chi connectivity index (χ1) is 14.5. The highest BCUT2D eigenvalue weighted by Gasteiger charge is 2.45. The molecule has 0 unspecified atom stereocenters. The summed E-state index contributed by atoms with van der Waals surface area (Å²) in [6.45, 7) is 4.55. The zero-order chi connectivity index (χ0) is 21.3. The lowest BCUT2D eigenvalue weighted by molar-refractivity contribution is -0.128. The topological polar surface area (TPSA) is 105 Å². The molecule has 2 aliphatic heterocycles. The van der Waals surface area contributed by atoms with E-state index in [9.17, 15) is 9.59 Å². The third-order valence-corrected chi connectivity index (χ3v) is 5.72. The Bertz CT molecular complexity index is 1010. The third-order valence-electron chi connectivity index (χ3n) is 4.75. The maximum Gasteiger partial charge on any atom is 0.331 e. The van der Waals surface area contributed by atoms with E-state index in [2.05, 4.69) is 27.1 Å². The van der Waals surface area contributed by atoms with Gasteiger partial charge in [-0.3, -0.25) is 24.5 Å². The zero-order valence-electron chi connectivity index (χ0n) is 16.6. The van der Waals surface area contributed by atoms with Gasteiger partial charge in [-0.05, 0) is 23.9 Å². The number of imide groups is 1. The second-order valence-corrected chi connectivity index (χ2v) is 7.74. The Morgan fingerprint density at radius 2 is 1.97 bits per heavy atom. The molecule has 156 valence electrons. The highest BCUT2D eigenvalue weighted by Crippen LogP contribution is 2.28. The summed E-state index contributed by atoms with van der Waals surface area (Å²) >= 11 is 1.31. The number of hydrogen-bond donors (Lipinski definition) is 1. The van der Waals surface area contributed by atoms with E-state index in [0.29, 0.717) is 23.4 Å². The van der Waals surface area contributed by atoms with Gasteiger partial charge in [0, 0.05) is 20.6 Å². The number of likely N-dealkylation sites (N-methyl/N-ethyl adjacent to an activating group) is 2. The number of hydrogen-bond acceptors (Lipinski definition) is 8. The van der Waals surface area contributed by atoms with E-state index in [4.69, 9.17) is 4.74 Å². The summed E-state index contributed by atoms with van der Waals surface area (Å²) in [6.07, 6.45) is 1.75. The summed E-state index contributed by atoms with van der Waals surface area (Å²) in [5.74, 6) is 1.46. The molecule has 1 N–H and O–H groups in total. The molecule has 11 heteroatoms. The molecule has 4 rings (SSSR count). The molecule has 1 aromatic heterocycles. The summed E-state index contributed by atoms with van der Waals surface area (Å²) in [4.78, 5) is 31.5. The molecular weight excluding hydrogens is 406 g/mol. The van der Waals surface area contributed by atoms with Crippen molar-refractivity contribution in [2.24, 2.45) is 4.99 Å². The van der Waals surface area contributed by atoms with E-state index in [-0.39, 0.29) is 12.5 Å². The van der Waals surface area contributed by atoms with Crippen molar-refractivity contribution in [2.75, 3.05) is 14.1 Å². The van der Waals surface area contributed by atoms with Crippen LogP contribution in [0.15, 0.2) is 53.1 Å². The maximum atomic E-state index is 12.4. The number of nitrogens with zero attached hydrogens (tertiary/aromatic N) is 6. The van der Waals surface area contributed by atoms with Crippen LogP contribution in [0.25, 0.3) is 0 Å². The lowest BCUT2D eigenvalue weighted by Crippen LogP contribution is -2.61. The molecular formula is C19H21N7O3S. The summed E-state index contributed by atoms with van der Waals surface area (Å²) in [6, 6.07) is 8.39. The number of allylic oxidation sites excluding steroid dienone is 1. The van der Waals surface area contributed by atoms with Crippen LogP contribution in [0.3, 0.4) is 0 Å². The van der Waals surface area contributed by atoms with Crippen molar-refractivity contribution in [2.45, 2.75) is 29.8 Å². The molecule has 2 aromatic rings. The molecule has 2 atom stereocenters. The van der Waals surface area contributed by atoms with E-state index >= 15 is 0 Å². The first-order valence-corrected chi connectivity index (χ1v) is 10.1. The van der Waals surface area contributed by atoms with Crippen molar-refractivity contribution in [3.8, 4) is 5.75 Å². The van der Waals surface area contributed by atoms with Crippen molar-refractivity contribution in [3.63, 3.8) is 0 Å². The van der Waals surface area contributed by atoms with Crippen LogP contribution in [0.2, 0.25) is 0 Å². The van der Waals surface area contributed by atoms with Gasteiger partial charge in [-0.15, -0.1) is 16.8 Å². The number of amides is 3. The number of ether oxygens (including phenoxy) is 1. The van der Waals surface area contributed by atoms with E-state index in [1.165, 1.54) is 23.7 Å². The molecule has 0 radical (unpaired) electrons. The smallest absolute Gasteiger partial charge is 0.331 e. The average Bonchev–Trinajstić information content (AvgIpc) is 3.35. The highest BCUT2D eigenvalue weighted by molar-refractivity contribution is 7.99. The molecule has 10 nitrogen and oxygen atoms in total. The first-order valence-electron chi connectivity index (χ1n) is 9.26. The number of benzene rings is 1. The molecule has 0 aliphatic carbocycles. The van der Waals surface area contributed by atoms with E-state index in [1.54, 1.807) is 13.1 Å². The standard InChI is InChI=1S/C19H21N7O3S/c1-4-10-26-13(11-29-12-8-6-5-7-9-12)22-23-18(26)30-17-20-14-15(21-17)24(2)19(28)25(3)16(14)27/h4-9,14,17,20H,1,10-11H2,2-3H3/t14-,17+/m1/s1. The SMILES string of the molecule is C=CCn1c(COc2ccccc2)nnc1S[C@@H]1N=C2[C@@H](N1)C(=O)N(C)C(=O)N2C. The molecule has 0 spiro atoms. The second kappa shape index (κ2) is 8.28. The van der Waals surface area contributed by atoms with Gasteiger partial charge in [0.15, 0.2) is 16.5 Å². The third kappa shape index (κ3) is 3.68. The number of carbonyl (C=O) groups is 2. The molecule has 3 heterocycles. The largest absolute Gasteiger partial charge is 0.486 e. The van der Waals surface area contributed by atoms with Crippen molar-refractivity contribution in [3.05, 3.63) is 48.8 Å². The Morgan fingerprint density at radius 3 is 2.70 bits per heavy atom. The Labute approximate surface area is 177 Å². The van der Waals surface area contributed by atoms with Crippen molar-refractivity contribution < 1.29 is 14.3 Å². The van der Waals surface area contributed by atoms with Crippen LogP contribution in [0.1, 0.15) is 5.82 Å². The van der Waals surface area contributed by atoms with Crippen LogP contribution in [-0.2, 0) is 17.9 Å². The molecule has 0 saturated carbocycles. The predicted molar refractivity (Wildman–Crippen MR) is 111 cm³/mol. The van der Waals surface area contributed by atoms with Crippen LogP contribution in [0.5, 0.6) is 5.75 Å². The Balaban J connectivity index is 1.50. The lowest BCUT2D eigenvalue weighted by atomic mass is 10.2. The van der Waals surface area contributed by atoms with Gasteiger partial charge < -0.3 is 4.74 Å². The van der Waals surface area contributed by atoms with Crippen LogP contribution < -0.4 is 10.1 Å². The molecule has 3 amide bonds. The van der Waals surface area contributed by atoms with Gasteiger partial charge in [-0.25, -0.2) is 9.79 Å². The summed E-state index contributed by atoms with van der Waals surface area (Å²) in [7, 11) is 3.06. The molecule has 1 fully saturated rings. The van der Waals surface area contributed by atoms with Gasteiger partial charge in [-0.2, -0.15) is 0 Å². The number of urea groups is 1. The number of fused-ring (bicyclic) bond motifs is 1. The van der Waals surface area contributed by atoms with Crippen LogP contribution >= 0.6 is 11.8 Å². The Morgan fingerprint density at radius 1 is 1.20 bits per heavy atom. The monoisotopic (exact) mass is 427 g/mol. The number of para-hydroxylation sites is 1. The van der Waals surface area contributed by atoms with E-state index < -0.39 is 17.6 Å². The number of aromatic nitrogens is 3. The van der Waals surface area contributed by atoms with Crippen molar-refractivity contribution >= 4 is 29.5 Å². The summed E-state index contributed by atoms with van der Waals surface area (Å²) in [5, 5.41) is 12.3. The van der Waals surface area contributed by atoms with Gasteiger partial charge in [-0.1, -0.05) is 24.3 Å². The molecule has 2 aliphatic rings. The van der Waals surface area contributed by atoms with Gasteiger partial charge in [0.05, 0.1) is 0 Å². The van der Waals surface area contributed by atoms with Crippen LogP contribution in [-0.4, -0.2) is 68.0 Å². The fourth-order valence-electron chi connectivity index (χ4n) is 3.17. The number of amidine groups is 1. The minimum absolute atomic E-state index is 0.251. The molecule has 0 bridgehead atoms. The minimum atomic E-state index is -0.660. The van der Waals surface area contributed by atoms with Crippen molar-refractivity contribution in [1.82, 2.24) is 29.9 Å². The quantitative estimate of drug-likeness (QED) is 0.664. The average molecular weight is 427 g/mol. The predicted octanol–water partition coefficient (Wildman–Crippen LogP) is 1.31. The number of rotatable bonds is 7. The Kier molecular flexibility index (Phi) is 5.55. The second-order valence-electron chi connectivity index (χ2n) is 6.70. The number of carbonyl (C=O) groups excluding carboxylic acids is 2. The van der Waals surface area contributed by atoms with Gasteiger partial charge >= 0.3 is 6.03 Å². The fourth-order valence-corrected chi connectivity index (χ4v) is 4.13. The first kappa shape index (κ1) is 20.1. The normalized spacial score (nSPS) is 20.9. The highest BCUT2D eigenvalue weighted by atomic mass is 32.2. The van der Waals surface area contributed by atoms with Crippen molar-refractivity contribution in [1.29, 1.82) is 0 Å². The zero-order valence-corrected chi connectivity index (χ0v) is 17.4. The van der Waals surface area contributed by atoms with Crippen LogP contribution in [0.4, 0.5) is 4.79 Å². The number of aliphatic imine (C=N–C) groups is 1. The molecule has 1 saturated heterocycles. The maximum absolute atomic E-state index is 12.4. The number of thioether (sulfide) groups is 1. The van der Waals surface area contributed by atoms with E-state index in [1.807, 2.05) is 34.9 Å². The van der Waals surface area contributed by atoms with Gasteiger partial charge in [0.1, 0.15) is 24.2 Å². The Hall–Kier alpha value is -3.18.